The molecule has 380 valence electrons. The van der Waals surface area contributed by atoms with Crippen LogP contribution in [0.4, 0.5) is 0 Å². The Labute approximate surface area is 408 Å². The fourth-order valence-electron chi connectivity index (χ4n) is 7.76. The van der Waals surface area contributed by atoms with Crippen molar-refractivity contribution in [2.75, 3.05) is 13.2 Å². The number of hydrogen-bond donors (Lipinski definition) is 0. The average Bonchev–Trinajstić information content (AvgIpc) is 3.31. The van der Waals surface area contributed by atoms with Crippen molar-refractivity contribution in [2.24, 2.45) is 0 Å². The lowest BCUT2D eigenvalue weighted by Gasteiger charge is -2.18. The average molecular weight is 921 g/mol. The fraction of sp³-hybridized carbons (Fsp3) is 0.750. The predicted octanol–water partition coefficient (Wildman–Crippen LogP) is 18.6. The summed E-state index contributed by atoms with van der Waals surface area (Å²) in [7, 11) is 0. The molecule has 0 aromatic carbocycles. The Morgan fingerprint density at radius 2 is 0.591 bits per heavy atom. The minimum atomic E-state index is -0.787. The summed E-state index contributed by atoms with van der Waals surface area (Å²) in [4.78, 5) is 38.1. The molecule has 66 heavy (non-hydrogen) atoms. The largest absolute Gasteiger partial charge is 0.462 e. The second kappa shape index (κ2) is 54.5. The summed E-state index contributed by atoms with van der Waals surface area (Å²) in [6, 6.07) is 0. The highest BCUT2D eigenvalue weighted by atomic mass is 16.6. The Kier molecular flexibility index (Phi) is 51.9. The Morgan fingerprint density at radius 1 is 0.318 bits per heavy atom. The summed E-state index contributed by atoms with van der Waals surface area (Å²) in [6.07, 6.45) is 68.8. The van der Waals surface area contributed by atoms with Crippen molar-refractivity contribution in [3.05, 3.63) is 72.9 Å². The zero-order valence-electron chi connectivity index (χ0n) is 43.4. The number of ether oxygens (including phenoxy) is 3. The lowest BCUT2D eigenvalue weighted by Crippen LogP contribution is -2.30. The molecule has 0 radical (unpaired) electrons. The number of allylic oxidation sites excluding steroid dienone is 12. The molecule has 0 aromatic rings. The van der Waals surface area contributed by atoms with E-state index in [1.807, 2.05) is 0 Å². The van der Waals surface area contributed by atoms with E-state index in [1.165, 1.54) is 116 Å². The molecule has 0 amide bonds. The number of carbonyl (C=O) groups is 3. The van der Waals surface area contributed by atoms with Crippen LogP contribution < -0.4 is 0 Å². The number of hydrogen-bond acceptors (Lipinski definition) is 6. The van der Waals surface area contributed by atoms with Crippen molar-refractivity contribution >= 4 is 17.9 Å². The van der Waals surface area contributed by atoms with Crippen molar-refractivity contribution in [3.63, 3.8) is 0 Å². The maximum absolute atomic E-state index is 12.8. The molecule has 0 aromatic heterocycles. The highest BCUT2D eigenvalue weighted by Gasteiger charge is 2.19. The molecular weight excluding hydrogens is 817 g/mol. The predicted molar refractivity (Wildman–Crippen MR) is 284 cm³/mol. The molecule has 0 aliphatic rings. The van der Waals surface area contributed by atoms with E-state index in [4.69, 9.17) is 14.2 Å². The van der Waals surface area contributed by atoms with Gasteiger partial charge in [-0.25, -0.2) is 0 Å². The molecule has 6 heteroatoms. The minimum Gasteiger partial charge on any atom is -0.462 e. The first-order valence-corrected chi connectivity index (χ1v) is 27.9. The van der Waals surface area contributed by atoms with Gasteiger partial charge in [0.1, 0.15) is 13.2 Å². The van der Waals surface area contributed by atoms with Crippen LogP contribution in [0, 0.1) is 0 Å². The Bertz CT molecular complexity index is 1240. The monoisotopic (exact) mass is 921 g/mol. The lowest BCUT2D eigenvalue weighted by atomic mass is 10.0. The smallest absolute Gasteiger partial charge is 0.306 e. The van der Waals surface area contributed by atoms with Gasteiger partial charge >= 0.3 is 17.9 Å². The molecule has 6 nitrogen and oxygen atoms in total. The zero-order valence-corrected chi connectivity index (χ0v) is 43.4. The summed E-state index contributed by atoms with van der Waals surface area (Å²) >= 11 is 0. The third-order valence-corrected chi connectivity index (χ3v) is 11.9. The van der Waals surface area contributed by atoms with Crippen LogP contribution in [0.5, 0.6) is 0 Å². The van der Waals surface area contributed by atoms with Gasteiger partial charge in [-0.1, -0.05) is 235 Å². The number of unbranched alkanes of at least 4 members (excludes halogenated alkanes) is 27. The third-order valence-electron chi connectivity index (χ3n) is 11.9. The number of carbonyl (C=O) groups excluding carboxylic acids is 3. The Hall–Kier alpha value is -3.15. The van der Waals surface area contributed by atoms with Crippen LogP contribution in [0.25, 0.3) is 0 Å². The summed E-state index contributed by atoms with van der Waals surface area (Å²) in [5.74, 6) is -0.905. The van der Waals surface area contributed by atoms with Gasteiger partial charge in [-0.3, -0.25) is 14.4 Å². The van der Waals surface area contributed by atoms with Crippen molar-refractivity contribution in [2.45, 2.75) is 277 Å². The summed E-state index contributed by atoms with van der Waals surface area (Å²) in [5, 5.41) is 0. The normalized spacial score (nSPS) is 12.6. The van der Waals surface area contributed by atoms with Crippen molar-refractivity contribution in [1.82, 2.24) is 0 Å². The van der Waals surface area contributed by atoms with E-state index in [2.05, 4.69) is 93.7 Å². The topological polar surface area (TPSA) is 78.9 Å². The first-order chi connectivity index (χ1) is 32.5. The minimum absolute atomic E-state index is 0.0838. The molecule has 0 fully saturated rings. The number of esters is 3. The molecule has 0 rings (SSSR count). The van der Waals surface area contributed by atoms with E-state index in [1.54, 1.807) is 0 Å². The van der Waals surface area contributed by atoms with E-state index in [9.17, 15) is 14.4 Å². The molecule has 0 N–H and O–H groups in total. The van der Waals surface area contributed by atoms with Gasteiger partial charge in [0, 0.05) is 19.3 Å². The van der Waals surface area contributed by atoms with Crippen LogP contribution in [0.15, 0.2) is 72.9 Å². The summed E-state index contributed by atoms with van der Waals surface area (Å²) in [6.45, 7) is 6.49. The molecular formula is C60H104O6. The molecule has 1 atom stereocenters. The van der Waals surface area contributed by atoms with E-state index in [0.29, 0.717) is 19.3 Å². The Morgan fingerprint density at radius 3 is 0.955 bits per heavy atom. The molecule has 0 saturated carbocycles. The fourth-order valence-corrected chi connectivity index (χ4v) is 7.76. The van der Waals surface area contributed by atoms with Gasteiger partial charge in [-0.15, -0.1) is 0 Å². The van der Waals surface area contributed by atoms with Crippen molar-refractivity contribution in [3.8, 4) is 0 Å². The molecule has 0 heterocycles. The van der Waals surface area contributed by atoms with Gasteiger partial charge in [0.2, 0.25) is 0 Å². The third kappa shape index (κ3) is 51.8. The van der Waals surface area contributed by atoms with Crippen molar-refractivity contribution < 1.29 is 28.6 Å². The molecule has 0 saturated heterocycles. The maximum Gasteiger partial charge on any atom is 0.306 e. The zero-order chi connectivity index (χ0) is 47.9. The second-order valence-electron chi connectivity index (χ2n) is 18.5. The SMILES string of the molecule is CC/C=C\C/C=C\C/C=C\C/C=C\CCCCCCCCC(=O)OCC(COC(=O)CCCCCCCCCCCCCCCC)OC(=O)CCCCCCC/C=C\C/C=C\CCCCC. The van der Waals surface area contributed by atoms with Gasteiger partial charge in [0.05, 0.1) is 0 Å². The van der Waals surface area contributed by atoms with Gasteiger partial charge in [-0.05, 0) is 89.9 Å². The van der Waals surface area contributed by atoms with Crippen LogP contribution in [-0.2, 0) is 28.6 Å². The first-order valence-electron chi connectivity index (χ1n) is 27.9. The molecule has 0 aliphatic heterocycles. The van der Waals surface area contributed by atoms with E-state index in [-0.39, 0.29) is 31.1 Å². The van der Waals surface area contributed by atoms with Gasteiger partial charge in [0.15, 0.2) is 6.10 Å². The van der Waals surface area contributed by atoms with E-state index in [0.717, 1.165) is 116 Å². The summed E-state index contributed by atoms with van der Waals surface area (Å²) in [5.41, 5.74) is 0. The highest BCUT2D eigenvalue weighted by Crippen LogP contribution is 2.15. The van der Waals surface area contributed by atoms with Gasteiger partial charge in [-0.2, -0.15) is 0 Å². The summed E-state index contributed by atoms with van der Waals surface area (Å²) < 4.78 is 16.8. The van der Waals surface area contributed by atoms with Crippen LogP contribution in [0.1, 0.15) is 271 Å². The van der Waals surface area contributed by atoms with Crippen LogP contribution in [-0.4, -0.2) is 37.2 Å². The van der Waals surface area contributed by atoms with Gasteiger partial charge < -0.3 is 14.2 Å². The second-order valence-corrected chi connectivity index (χ2v) is 18.5. The Balaban J connectivity index is 4.41. The molecule has 0 aliphatic carbocycles. The lowest BCUT2D eigenvalue weighted by molar-refractivity contribution is -0.167. The van der Waals surface area contributed by atoms with E-state index < -0.39 is 6.10 Å². The van der Waals surface area contributed by atoms with Gasteiger partial charge in [0.25, 0.3) is 0 Å². The standard InChI is InChI=1S/C60H104O6/c1-4-7-10-13-16-19-22-25-28-29-30-31-33-35-38-41-44-47-50-53-59(62)65-56-57(55-64-58(61)52-49-46-43-40-37-34-27-24-21-18-15-12-9-6-3)66-60(63)54-51-48-45-42-39-36-32-26-23-20-17-14-11-8-5-2/h7,10,16-17,19-20,25-26,28,30-32,57H,4-6,8-9,11-15,18,21-24,27,29,33-56H2,1-3H3/b10-7-,19-16-,20-17-,28-25-,31-30-,32-26-. The van der Waals surface area contributed by atoms with Crippen LogP contribution in [0.2, 0.25) is 0 Å². The van der Waals surface area contributed by atoms with Crippen LogP contribution in [0.3, 0.4) is 0 Å². The maximum atomic E-state index is 12.8. The first kappa shape index (κ1) is 62.8. The quantitative estimate of drug-likeness (QED) is 0.0262. The highest BCUT2D eigenvalue weighted by molar-refractivity contribution is 5.71. The molecule has 0 bridgehead atoms. The molecule has 0 spiro atoms. The van der Waals surface area contributed by atoms with E-state index >= 15 is 0 Å². The number of rotatable bonds is 50. The molecule has 1 unspecified atom stereocenters. The van der Waals surface area contributed by atoms with Crippen LogP contribution >= 0.6 is 0 Å². The van der Waals surface area contributed by atoms with Crippen molar-refractivity contribution in [1.29, 1.82) is 0 Å².